The van der Waals surface area contributed by atoms with Crippen molar-refractivity contribution in [2.24, 2.45) is 0 Å². The van der Waals surface area contributed by atoms with Crippen molar-refractivity contribution in [3.63, 3.8) is 0 Å². The van der Waals surface area contributed by atoms with Gasteiger partial charge in [0.25, 0.3) is 0 Å². The minimum atomic E-state index is -0.813. The molecule has 0 atom stereocenters. The van der Waals surface area contributed by atoms with Crippen molar-refractivity contribution in [2.75, 3.05) is 24.9 Å². The Bertz CT molecular complexity index is 793. The largest absolute Gasteiger partial charge is 0.463 e. The molecule has 1 aliphatic heterocycles. The van der Waals surface area contributed by atoms with Crippen molar-refractivity contribution in [3.05, 3.63) is 48.8 Å². The molecule has 3 heterocycles. The van der Waals surface area contributed by atoms with E-state index in [2.05, 4.69) is 22.0 Å². The molecule has 0 spiro atoms. The molecule has 112 valence electrons. The molecule has 2 aromatic heterocycles. The molecule has 0 aliphatic carbocycles. The van der Waals surface area contributed by atoms with E-state index in [0.717, 1.165) is 30.0 Å². The lowest BCUT2D eigenvalue weighted by atomic mass is 10.2. The fourth-order valence-electron chi connectivity index (χ4n) is 2.67. The van der Waals surface area contributed by atoms with Gasteiger partial charge in [-0.05, 0) is 36.8 Å². The SMILES string of the molecule is FCOc1ccc(-c2cn3ccc(N4CCC4)cc3n2)cc1. The smallest absolute Gasteiger partial charge is 0.228 e. The molecule has 4 rings (SSSR count). The Balaban J connectivity index is 1.66. The highest BCUT2D eigenvalue weighted by molar-refractivity contribution is 5.66. The third kappa shape index (κ3) is 2.28. The molecule has 5 heteroatoms. The van der Waals surface area contributed by atoms with Crippen molar-refractivity contribution >= 4 is 11.3 Å². The number of alkyl halides is 1. The highest BCUT2D eigenvalue weighted by atomic mass is 19.1. The van der Waals surface area contributed by atoms with Crippen LogP contribution in [0.5, 0.6) is 5.75 Å². The van der Waals surface area contributed by atoms with Gasteiger partial charge in [-0.3, -0.25) is 0 Å². The van der Waals surface area contributed by atoms with Crippen LogP contribution in [-0.2, 0) is 0 Å². The second kappa shape index (κ2) is 5.33. The van der Waals surface area contributed by atoms with Crippen molar-refractivity contribution in [3.8, 4) is 17.0 Å². The average molecular weight is 297 g/mol. The van der Waals surface area contributed by atoms with E-state index in [9.17, 15) is 4.39 Å². The van der Waals surface area contributed by atoms with Crippen LogP contribution in [0, 0.1) is 0 Å². The Kier molecular flexibility index (Phi) is 3.18. The zero-order valence-corrected chi connectivity index (χ0v) is 12.1. The molecule has 0 saturated carbocycles. The number of hydrogen-bond donors (Lipinski definition) is 0. The highest BCUT2D eigenvalue weighted by Crippen LogP contribution is 2.25. The van der Waals surface area contributed by atoms with Gasteiger partial charge < -0.3 is 14.0 Å². The molecule has 1 fully saturated rings. The Hall–Kier alpha value is -2.56. The molecule has 0 unspecified atom stereocenters. The van der Waals surface area contributed by atoms with E-state index in [1.165, 1.54) is 12.1 Å². The van der Waals surface area contributed by atoms with Crippen LogP contribution < -0.4 is 9.64 Å². The lowest BCUT2D eigenvalue weighted by molar-refractivity contribution is 0.192. The van der Waals surface area contributed by atoms with Crippen molar-refractivity contribution in [1.82, 2.24) is 9.38 Å². The topological polar surface area (TPSA) is 29.8 Å². The first kappa shape index (κ1) is 13.1. The molecule has 0 amide bonds. The maximum Gasteiger partial charge on any atom is 0.228 e. The lowest BCUT2D eigenvalue weighted by Gasteiger charge is -2.33. The first-order valence-electron chi connectivity index (χ1n) is 7.36. The molecule has 1 saturated heterocycles. The first-order valence-corrected chi connectivity index (χ1v) is 7.36. The number of rotatable bonds is 4. The summed E-state index contributed by atoms with van der Waals surface area (Å²) in [6.45, 7) is 1.44. The molecule has 1 aromatic carbocycles. The Morgan fingerprint density at radius 3 is 2.64 bits per heavy atom. The van der Waals surface area contributed by atoms with Crippen LogP contribution in [-0.4, -0.2) is 29.3 Å². The van der Waals surface area contributed by atoms with Gasteiger partial charge in [0, 0.05) is 42.8 Å². The van der Waals surface area contributed by atoms with Gasteiger partial charge in [-0.25, -0.2) is 9.37 Å². The van der Waals surface area contributed by atoms with Gasteiger partial charge in [-0.1, -0.05) is 0 Å². The minimum Gasteiger partial charge on any atom is -0.463 e. The number of halogens is 1. The van der Waals surface area contributed by atoms with Crippen LogP contribution in [0.1, 0.15) is 6.42 Å². The number of aromatic nitrogens is 2. The quantitative estimate of drug-likeness (QED) is 0.738. The van der Waals surface area contributed by atoms with Crippen molar-refractivity contribution in [1.29, 1.82) is 0 Å². The predicted molar refractivity (Wildman–Crippen MR) is 84.1 cm³/mol. The van der Waals surface area contributed by atoms with E-state index in [1.54, 1.807) is 12.1 Å². The van der Waals surface area contributed by atoms with Gasteiger partial charge in [0.1, 0.15) is 11.4 Å². The van der Waals surface area contributed by atoms with E-state index in [-0.39, 0.29) is 0 Å². The highest BCUT2D eigenvalue weighted by Gasteiger charge is 2.15. The van der Waals surface area contributed by atoms with E-state index >= 15 is 0 Å². The molecule has 0 bridgehead atoms. The van der Waals surface area contributed by atoms with Crippen LogP contribution in [0.3, 0.4) is 0 Å². The summed E-state index contributed by atoms with van der Waals surface area (Å²) >= 11 is 0. The number of nitrogens with zero attached hydrogens (tertiary/aromatic N) is 3. The van der Waals surface area contributed by atoms with Gasteiger partial charge in [0.15, 0.2) is 0 Å². The van der Waals surface area contributed by atoms with Gasteiger partial charge in [-0.15, -0.1) is 0 Å². The average Bonchev–Trinajstić information content (AvgIpc) is 2.90. The minimum absolute atomic E-state index is 0.523. The molecule has 0 radical (unpaired) electrons. The molecule has 4 nitrogen and oxygen atoms in total. The zero-order chi connectivity index (χ0) is 14.9. The number of imidazole rings is 1. The van der Waals surface area contributed by atoms with E-state index in [4.69, 9.17) is 4.74 Å². The van der Waals surface area contributed by atoms with Gasteiger partial charge in [0.2, 0.25) is 6.86 Å². The fourth-order valence-corrected chi connectivity index (χ4v) is 2.67. The summed E-state index contributed by atoms with van der Waals surface area (Å²) in [6.07, 6.45) is 5.30. The van der Waals surface area contributed by atoms with Crippen LogP contribution in [0.15, 0.2) is 48.8 Å². The maximum atomic E-state index is 12.1. The standard InChI is InChI=1S/C17H16FN3O/c18-12-22-15-4-2-13(3-5-15)16-11-21-9-6-14(10-17(21)19-16)20-7-1-8-20/h2-6,9-11H,1,7-8,12H2. The number of hydrogen-bond acceptors (Lipinski definition) is 3. The Morgan fingerprint density at radius 2 is 1.95 bits per heavy atom. The molecular weight excluding hydrogens is 281 g/mol. The third-order valence-corrected chi connectivity index (χ3v) is 4.04. The van der Waals surface area contributed by atoms with Crippen LogP contribution in [0.25, 0.3) is 16.9 Å². The van der Waals surface area contributed by atoms with Crippen LogP contribution in [0.4, 0.5) is 10.1 Å². The number of ether oxygens (including phenoxy) is 1. The number of fused-ring (bicyclic) bond motifs is 1. The van der Waals surface area contributed by atoms with Gasteiger partial charge in [0.05, 0.1) is 5.69 Å². The van der Waals surface area contributed by atoms with Crippen molar-refractivity contribution in [2.45, 2.75) is 6.42 Å². The first-order chi connectivity index (χ1) is 10.8. The molecule has 1 aliphatic rings. The van der Waals surface area contributed by atoms with Gasteiger partial charge in [-0.2, -0.15) is 0 Å². The number of pyridine rings is 1. The van der Waals surface area contributed by atoms with Crippen LogP contribution in [0.2, 0.25) is 0 Å². The number of anilines is 1. The normalized spacial score (nSPS) is 14.1. The molecule has 22 heavy (non-hydrogen) atoms. The zero-order valence-electron chi connectivity index (χ0n) is 12.1. The predicted octanol–water partition coefficient (Wildman–Crippen LogP) is 3.52. The van der Waals surface area contributed by atoms with Crippen molar-refractivity contribution < 1.29 is 9.13 Å². The summed E-state index contributed by atoms with van der Waals surface area (Å²) in [5, 5.41) is 0. The van der Waals surface area contributed by atoms with E-state index in [0.29, 0.717) is 5.75 Å². The summed E-state index contributed by atoms with van der Waals surface area (Å²) in [6, 6.07) is 11.5. The summed E-state index contributed by atoms with van der Waals surface area (Å²) < 4.78 is 19.0. The van der Waals surface area contributed by atoms with Gasteiger partial charge >= 0.3 is 0 Å². The molecule has 0 N–H and O–H groups in total. The summed E-state index contributed by atoms with van der Waals surface area (Å²) in [5.41, 5.74) is 4.04. The van der Waals surface area contributed by atoms with Crippen LogP contribution >= 0.6 is 0 Å². The Labute approximate surface area is 127 Å². The fraction of sp³-hybridized carbons (Fsp3) is 0.235. The van der Waals surface area contributed by atoms with E-state index < -0.39 is 6.86 Å². The molecule has 3 aromatic rings. The summed E-state index contributed by atoms with van der Waals surface area (Å²) in [4.78, 5) is 7.03. The third-order valence-electron chi connectivity index (χ3n) is 4.04. The Morgan fingerprint density at radius 1 is 1.14 bits per heavy atom. The van der Waals surface area contributed by atoms with E-state index in [1.807, 2.05) is 28.9 Å². The second-order valence-corrected chi connectivity index (χ2v) is 5.39. The summed E-state index contributed by atoms with van der Waals surface area (Å²) in [5.74, 6) is 0.523. The molecular formula is C17H16FN3O. The second-order valence-electron chi connectivity index (χ2n) is 5.39. The lowest BCUT2D eigenvalue weighted by Crippen LogP contribution is -2.36. The monoisotopic (exact) mass is 297 g/mol. The summed E-state index contributed by atoms with van der Waals surface area (Å²) in [7, 11) is 0. The number of benzene rings is 1. The maximum absolute atomic E-state index is 12.1.